The van der Waals surface area contributed by atoms with E-state index in [1.807, 2.05) is 31.1 Å². The van der Waals surface area contributed by atoms with E-state index in [1.165, 1.54) is 74.5 Å². The number of carbonyl (C=O) groups is 5. The third-order valence-corrected chi connectivity index (χ3v) is 15.9. The highest BCUT2D eigenvalue weighted by Gasteiger charge is 2.44. The number of hydrogen-bond acceptors (Lipinski definition) is 17. The molecule has 3 atom stereocenters. The molecule has 0 saturated heterocycles. The van der Waals surface area contributed by atoms with E-state index in [0.29, 0.717) is 56.7 Å². The molecule has 0 spiro atoms. The molecular weight excluding hydrogens is 1150 g/mol. The SMILES string of the molecule is Cc1cc(C)c(C(C)(C)C(NC(=O)CNS(=O)(=O)c2ccc(N=Nc3ccc(N(C)C)cc3)cc2)C(=O)N[C@@H](CCCN=C(N)N)C(=O)N[C@@H](CCCCNc2ccc(-c3c4ccc(=O)cc-4oc4cc(O)ccc34)c(C(=O)O)c2)C(N)=O)c([N+](=O)[O-])c1. The lowest BCUT2D eigenvalue weighted by Crippen LogP contribution is -2.61. The number of guanidine groups is 1. The minimum atomic E-state index is -4.38. The van der Waals surface area contributed by atoms with Crippen LogP contribution < -0.4 is 53.5 Å². The number of fused-ring (bicyclic) bond motifs is 2. The molecule has 88 heavy (non-hydrogen) atoms. The molecule has 0 fully saturated rings. The number of sulfonamides is 1. The molecule has 13 N–H and O–H groups in total. The first kappa shape index (κ1) is 65.3. The average molecular weight is 1220 g/mol. The van der Waals surface area contributed by atoms with E-state index < -0.39 is 74.6 Å². The summed E-state index contributed by atoms with van der Waals surface area (Å²) < 4.78 is 35.2. The quantitative estimate of drug-likeness (QED) is 0.00475. The van der Waals surface area contributed by atoms with E-state index >= 15 is 0 Å². The highest BCUT2D eigenvalue weighted by atomic mass is 32.2. The van der Waals surface area contributed by atoms with Crippen molar-refractivity contribution in [3.63, 3.8) is 0 Å². The zero-order valence-corrected chi connectivity index (χ0v) is 49.9. The second kappa shape index (κ2) is 28.3. The number of aromatic carboxylic acids is 1. The number of aryl methyl sites for hydroxylation is 2. The molecule has 0 saturated carbocycles. The van der Waals surface area contributed by atoms with E-state index in [4.69, 9.17) is 21.6 Å². The molecule has 1 aliphatic heterocycles. The smallest absolute Gasteiger partial charge is 0.336 e. The Kier molecular flexibility index (Phi) is 21.0. The highest BCUT2D eigenvalue weighted by molar-refractivity contribution is 7.89. The van der Waals surface area contributed by atoms with Gasteiger partial charge in [0.05, 0.1) is 33.3 Å². The number of rotatable bonds is 28. The number of primary amides is 1. The van der Waals surface area contributed by atoms with E-state index in [-0.39, 0.29) is 89.0 Å². The van der Waals surface area contributed by atoms with Gasteiger partial charge in [-0.3, -0.25) is 39.1 Å². The van der Waals surface area contributed by atoms with Crippen LogP contribution in [0.4, 0.5) is 28.4 Å². The van der Waals surface area contributed by atoms with E-state index in [2.05, 4.69) is 41.2 Å². The van der Waals surface area contributed by atoms with Gasteiger partial charge in [0.2, 0.25) is 33.7 Å². The molecule has 0 bridgehead atoms. The Balaban J connectivity index is 1.05. The Labute approximate surface area is 506 Å². The average Bonchev–Trinajstić information content (AvgIpc) is 0.823. The van der Waals surface area contributed by atoms with Gasteiger partial charge >= 0.3 is 5.97 Å². The second-order valence-electron chi connectivity index (χ2n) is 21.7. The van der Waals surface area contributed by atoms with Gasteiger partial charge in [-0.2, -0.15) is 10.2 Å². The fraction of sp³-hybridized carbons (Fsp3) is 0.295. The lowest BCUT2D eigenvalue weighted by Gasteiger charge is -2.36. The van der Waals surface area contributed by atoms with Crippen LogP contribution in [0.2, 0.25) is 0 Å². The summed E-state index contributed by atoms with van der Waals surface area (Å²) in [7, 11) is -0.580. The van der Waals surface area contributed by atoms with Crippen molar-refractivity contribution < 1.29 is 51.9 Å². The highest BCUT2D eigenvalue weighted by Crippen LogP contribution is 2.43. The van der Waals surface area contributed by atoms with E-state index in [0.717, 1.165) is 5.69 Å². The van der Waals surface area contributed by atoms with Gasteiger partial charge in [-0.25, -0.2) is 17.9 Å². The minimum absolute atomic E-state index is 0.00499. The van der Waals surface area contributed by atoms with Crippen LogP contribution in [0.5, 0.6) is 5.75 Å². The van der Waals surface area contributed by atoms with Crippen molar-refractivity contribution in [1.82, 2.24) is 20.7 Å². The van der Waals surface area contributed by atoms with Gasteiger partial charge in [0.25, 0.3) is 5.69 Å². The normalized spacial score (nSPS) is 12.7. The summed E-state index contributed by atoms with van der Waals surface area (Å²) in [5, 5.41) is 53.1. The molecule has 462 valence electrons. The van der Waals surface area contributed by atoms with Crippen molar-refractivity contribution in [3.05, 3.63) is 158 Å². The topological polar surface area (TPSA) is 412 Å². The lowest BCUT2D eigenvalue weighted by atomic mass is 9.74. The number of nitrogens with one attached hydrogen (secondary N) is 5. The molecule has 1 heterocycles. The number of aliphatic imine (C=N–C) groups is 1. The predicted octanol–water partition coefficient (Wildman–Crippen LogP) is 6.51. The van der Waals surface area contributed by atoms with Crippen molar-refractivity contribution in [2.24, 2.45) is 32.4 Å². The van der Waals surface area contributed by atoms with Gasteiger partial charge in [0.15, 0.2) is 11.4 Å². The van der Waals surface area contributed by atoms with Gasteiger partial charge < -0.3 is 58.0 Å². The molecule has 1 unspecified atom stereocenters. The summed E-state index contributed by atoms with van der Waals surface area (Å²) in [5.41, 5.74) is 19.2. The number of unbranched alkanes of at least 4 members (excludes halogenated alkanes) is 1. The molecule has 5 aromatic rings. The number of nitro groups is 1. The fourth-order valence-corrected chi connectivity index (χ4v) is 11.2. The number of nitro benzene ring substituents is 1. The second-order valence-corrected chi connectivity index (χ2v) is 23.4. The van der Waals surface area contributed by atoms with Crippen molar-refractivity contribution in [2.45, 2.75) is 88.2 Å². The van der Waals surface area contributed by atoms with Crippen LogP contribution in [0, 0.1) is 24.0 Å². The Morgan fingerprint density at radius 1 is 0.773 bits per heavy atom. The number of nitrogens with two attached hydrogens (primary N) is 3. The Hall–Kier alpha value is -10.3. The van der Waals surface area contributed by atoms with Crippen molar-refractivity contribution in [2.75, 3.05) is 43.9 Å². The van der Waals surface area contributed by atoms with E-state index in [1.54, 1.807) is 56.3 Å². The standard InChI is InChI=1S/C61H69N13O13S/c1-34-28-35(2)54(49(29-34)74(83)84)61(3,4)55(70-52(77)33-67-88(85,86)42-21-14-37(15-22-42)72-71-36-12-17-39(18-13-36)73(5)6)58(80)69-48(11-9-27-66-60(63)64)57(79)68-47(56(62)78)10-7-8-26-65-38-16-23-43(46(30-38)59(81)82)53-44-24-19-40(75)31-50(44)87-51-32-41(76)20-25-45(51)53/h12-25,28-32,47-48,55,65,67,75H,7-11,26-27,33H2,1-6H3,(H2,62,78)(H,68,79)(H,69,80)(H,70,77)(H,81,82)(H4,63,64,66)/t47-,48-,55?/m0/s1. The third kappa shape index (κ3) is 16.4. The first-order valence-electron chi connectivity index (χ1n) is 27.7. The van der Waals surface area contributed by atoms with Crippen LogP contribution in [0.25, 0.3) is 33.4 Å². The number of carboxylic acids is 1. The number of anilines is 2. The molecule has 26 nitrogen and oxygen atoms in total. The maximum Gasteiger partial charge on any atom is 0.336 e. The number of phenolic OH excluding ortho intramolecular Hbond substituents is 1. The van der Waals surface area contributed by atoms with Gasteiger partial charge in [0.1, 0.15) is 35.2 Å². The Morgan fingerprint density at radius 2 is 1.42 bits per heavy atom. The summed E-state index contributed by atoms with van der Waals surface area (Å²) in [6.45, 7) is 5.54. The Morgan fingerprint density at radius 3 is 2.06 bits per heavy atom. The van der Waals surface area contributed by atoms with Crippen LogP contribution in [-0.4, -0.2) is 111 Å². The molecule has 1 aliphatic carbocycles. The van der Waals surface area contributed by atoms with Gasteiger partial charge in [-0.05, 0) is 148 Å². The first-order chi connectivity index (χ1) is 41.6. The number of nitrogens with zero attached hydrogens (tertiary/aromatic N) is 5. The molecule has 27 heteroatoms. The molecular formula is C61H69N13O13S. The molecule has 0 aromatic heterocycles. The van der Waals surface area contributed by atoms with Gasteiger partial charge in [-0.15, -0.1) is 0 Å². The van der Waals surface area contributed by atoms with E-state index in [9.17, 15) is 57.5 Å². The number of amides is 4. The van der Waals surface area contributed by atoms with Crippen LogP contribution in [0.3, 0.4) is 0 Å². The van der Waals surface area contributed by atoms with Crippen molar-refractivity contribution >= 4 is 85.0 Å². The van der Waals surface area contributed by atoms with Crippen LogP contribution in [0.15, 0.2) is 145 Å². The summed E-state index contributed by atoms with van der Waals surface area (Å²) in [6.07, 6.45) is 0.622. The number of hydrogen-bond donors (Lipinski definition) is 10. The molecule has 4 amide bonds. The molecule has 2 aliphatic rings. The molecule has 7 rings (SSSR count). The number of azo groups is 1. The van der Waals surface area contributed by atoms with Crippen LogP contribution in [-0.2, 0) is 34.6 Å². The Bertz CT molecular complexity index is 3980. The largest absolute Gasteiger partial charge is 0.508 e. The summed E-state index contributed by atoms with van der Waals surface area (Å²) in [5.74, 6) is -5.24. The number of phenols is 1. The number of aromatic hydroxyl groups is 1. The number of carbonyl (C=O) groups excluding carboxylic acids is 4. The minimum Gasteiger partial charge on any atom is -0.508 e. The molecule has 5 aromatic carbocycles. The predicted molar refractivity (Wildman–Crippen MR) is 333 cm³/mol. The number of benzene rings is 6. The van der Waals surface area contributed by atoms with Gasteiger partial charge in [-0.1, -0.05) is 26.0 Å². The fourth-order valence-electron chi connectivity index (χ4n) is 10.2. The lowest BCUT2D eigenvalue weighted by molar-refractivity contribution is -0.386. The summed E-state index contributed by atoms with van der Waals surface area (Å²) >= 11 is 0. The zero-order valence-electron chi connectivity index (χ0n) is 49.1. The monoisotopic (exact) mass is 1220 g/mol. The van der Waals surface area contributed by atoms with Crippen LogP contribution >= 0.6 is 0 Å². The maximum atomic E-state index is 14.9. The summed E-state index contributed by atoms with van der Waals surface area (Å²) in [4.78, 5) is 98.8. The van der Waals surface area contributed by atoms with Crippen LogP contribution in [0.1, 0.15) is 73.0 Å². The zero-order chi connectivity index (χ0) is 64.2. The third-order valence-electron chi connectivity index (χ3n) is 14.5. The summed E-state index contributed by atoms with van der Waals surface area (Å²) in [6, 6.07) is 24.4. The molecule has 0 radical (unpaired) electrons. The van der Waals surface area contributed by atoms with Gasteiger partial charge in [0, 0.05) is 84.3 Å². The maximum absolute atomic E-state index is 14.9. The number of carboxylic acid groups (broad SMARTS) is 1. The van der Waals surface area contributed by atoms with Crippen molar-refractivity contribution in [3.8, 4) is 28.2 Å². The first-order valence-corrected chi connectivity index (χ1v) is 29.2. The van der Waals surface area contributed by atoms with Crippen molar-refractivity contribution in [1.29, 1.82) is 0 Å².